The van der Waals surface area contributed by atoms with E-state index < -0.39 is 0 Å². The maximum Gasteiger partial charge on any atom is 0.164 e. The zero-order valence-corrected chi connectivity index (χ0v) is 23.1. The molecule has 6 aromatic carbocycles. The molecule has 42 heavy (non-hydrogen) atoms. The number of aromatic nitrogens is 3. The summed E-state index contributed by atoms with van der Waals surface area (Å²) in [5.74, 6) is 1.90. The van der Waals surface area contributed by atoms with Gasteiger partial charge in [-0.1, -0.05) is 115 Å². The lowest BCUT2D eigenvalue weighted by molar-refractivity contribution is 0.673. The van der Waals surface area contributed by atoms with Gasteiger partial charge in [-0.15, -0.1) is 11.3 Å². The van der Waals surface area contributed by atoms with Crippen LogP contribution in [-0.2, 0) is 0 Å². The molecular weight excluding hydrogens is 534 g/mol. The van der Waals surface area contributed by atoms with Gasteiger partial charge in [0.05, 0.1) is 0 Å². The molecule has 5 heteroatoms. The minimum Gasteiger partial charge on any atom is -0.455 e. The SMILES string of the molecule is c1ccc(-c2nc(-c3ccccc3)nc(-c3cccc4c3c3oc5ccccc5c3c3sc5ccccc5c43)n2)cc1. The van der Waals surface area contributed by atoms with E-state index in [2.05, 4.69) is 54.6 Å². The van der Waals surface area contributed by atoms with E-state index in [1.165, 1.54) is 20.2 Å². The van der Waals surface area contributed by atoms with Crippen molar-refractivity contribution in [3.05, 3.63) is 127 Å². The van der Waals surface area contributed by atoms with Crippen LogP contribution < -0.4 is 0 Å². The summed E-state index contributed by atoms with van der Waals surface area (Å²) < 4.78 is 9.20. The predicted octanol–water partition coefficient (Wildman–Crippen LogP) is 10.3. The van der Waals surface area contributed by atoms with Crippen molar-refractivity contribution in [3.8, 4) is 34.2 Å². The second-order valence-electron chi connectivity index (χ2n) is 10.4. The van der Waals surface area contributed by atoms with E-state index in [1.807, 2.05) is 84.1 Å². The van der Waals surface area contributed by atoms with Gasteiger partial charge in [0, 0.05) is 53.0 Å². The van der Waals surface area contributed by atoms with E-state index >= 15 is 0 Å². The van der Waals surface area contributed by atoms with Gasteiger partial charge in [0.2, 0.25) is 0 Å². The Morgan fingerprint density at radius 1 is 0.452 bits per heavy atom. The lowest BCUT2D eigenvalue weighted by Crippen LogP contribution is -2.00. The third kappa shape index (κ3) is 3.44. The van der Waals surface area contributed by atoms with Crippen molar-refractivity contribution in [3.63, 3.8) is 0 Å². The molecule has 0 bridgehead atoms. The summed E-state index contributed by atoms with van der Waals surface area (Å²) in [5.41, 5.74) is 4.55. The Morgan fingerprint density at radius 3 is 1.79 bits per heavy atom. The minimum atomic E-state index is 0.619. The van der Waals surface area contributed by atoms with Crippen molar-refractivity contribution in [2.45, 2.75) is 0 Å². The Bertz CT molecular complexity index is 2400. The first-order valence-electron chi connectivity index (χ1n) is 13.9. The lowest BCUT2D eigenvalue weighted by Gasteiger charge is -2.11. The van der Waals surface area contributed by atoms with Crippen molar-refractivity contribution in [1.82, 2.24) is 15.0 Å². The summed E-state index contributed by atoms with van der Waals surface area (Å²) >= 11 is 1.83. The normalized spacial score (nSPS) is 11.8. The number of hydrogen-bond acceptors (Lipinski definition) is 5. The fourth-order valence-electron chi connectivity index (χ4n) is 6.06. The number of fused-ring (bicyclic) bond motifs is 10. The fourth-order valence-corrected chi connectivity index (χ4v) is 7.33. The largest absolute Gasteiger partial charge is 0.455 e. The molecule has 9 rings (SSSR count). The van der Waals surface area contributed by atoms with E-state index in [4.69, 9.17) is 19.4 Å². The molecule has 0 unspecified atom stereocenters. The van der Waals surface area contributed by atoms with Crippen molar-refractivity contribution in [2.24, 2.45) is 0 Å². The zero-order valence-electron chi connectivity index (χ0n) is 22.3. The van der Waals surface area contributed by atoms with E-state index in [9.17, 15) is 0 Å². The number of rotatable bonds is 3. The Balaban J connectivity index is 1.46. The maximum absolute atomic E-state index is 6.70. The summed E-state index contributed by atoms with van der Waals surface area (Å²) in [6, 6.07) is 43.6. The summed E-state index contributed by atoms with van der Waals surface area (Å²) in [5, 5.41) is 6.90. The average Bonchev–Trinajstić information content (AvgIpc) is 3.64. The molecule has 0 atom stereocenters. The van der Waals surface area contributed by atoms with Crippen molar-refractivity contribution in [1.29, 1.82) is 0 Å². The van der Waals surface area contributed by atoms with Gasteiger partial charge < -0.3 is 4.42 Å². The topological polar surface area (TPSA) is 51.8 Å². The van der Waals surface area contributed by atoms with E-state index in [0.29, 0.717) is 17.5 Å². The molecule has 3 aromatic heterocycles. The summed E-state index contributed by atoms with van der Waals surface area (Å²) in [6.45, 7) is 0. The molecule has 3 heterocycles. The third-order valence-electron chi connectivity index (χ3n) is 7.92. The van der Waals surface area contributed by atoms with Gasteiger partial charge in [-0.25, -0.2) is 15.0 Å². The molecule has 0 fully saturated rings. The standard InChI is InChI=1S/C37H21N3OS/c1-3-12-22(13-4-1)35-38-36(23-14-5-2-6-15-23)40-37(39-35)27-19-11-18-26-30(27)33-32(24-16-7-9-20-28(24)41-33)34-31(26)25-17-8-10-21-29(25)42-34/h1-21H. The number of benzene rings is 6. The van der Waals surface area contributed by atoms with Crippen LogP contribution in [0.1, 0.15) is 0 Å². The van der Waals surface area contributed by atoms with Crippen LogP contribution >= 0.6 is 11.3 Å². The minimum absolute atomic E-state index is 0.619. The van der Waals surface area contributed by atoms with Crippen LogP contribution in [0.5, 0.6) is 0 Å². The Labute approximate surface area is 244 Å². The Kier molecular flexibility index (Phi) is 5.03. The highest BCUT2D eigenvalue weighted by molar-refractivity contribution is 7.27. The maximum atomic E-state index is 6.70. The van der Waals surface area contributed by atoms with Crippen molar-refractivity contribution in [2.75, 3.05) is 0 Å². The molecule has 0 amide bonds. The van der Waals surface area contributed by atoms with Gasteiger partial charge in [-0.2, -0.15) is 0 Å². The average molecular weight is 556 g/mol. The van der Waals surface area contributed by atoms with Crippen LogP contribution in [-0.4, -0.2) is 15.0 Å². The van der Waals surface area contributed by atoms with Crippen LogP contribution in [0.2, 0.25) is 0 Å². The van der Waals surface area contributed by atoms with Gasteiger partial charge in [0.15, 0.2) is 17.5 Å². The van der Waals surface area contributed by atoms with Crippen LogP contribution in [0, 0.1) is 0 Å². The number of nitrogens with zero attached hydrogens (tertiary/aromatic N) is 3. The van der Waals surface area contributed by atoms with Crippen molar-refractivity contribution < 1.29 is 4.42 Å². The van der Waals surface area contributed by atoms with E-state index in [0.717, 1.165) is 49.4 Å². The third-order valence-corrected chi connectivity index (χ3v) is 9.11. The Morgan fingerprint density at radius 2 is 1.05 bits per heavy atom. The van der Waals surface area contributed by atoms with Gasteiger partial charge in [-0.05, 0) is 17.5 Å². The molecule has 0 aliphatic rings. The first-order valence-corrected chi connectivity index (χ1v) is 14.7. The van der Waals surface area contributed by atoms with Crippen molar-refractivity contribution >= 4 is 64.2 Å². The smallest absolute Gasteiger partial charge is 0.164 e. The first kappa shape index (κ1) is 23.3. The zero-order chi connectivity index (χ0) is 27.6. The van der Waals surface area contributed by atoms with Crippen LogP contribution in [0.25, 0.3) is 87.0 Å². The van der Waals surface area contributed by atoms with Gasteiger partial charge in [0.1, 0.15) is 11.2 Å². The quantitative estimate of drug-likeness (QED) is 0.218. The molecular formula is C37H21N3OS. The van der Waals surface area contributed by atoms with Gasteiger partial charge in [-0.3, -0.25) is 0 Å². The first-order chi connectivity index (χ1) is 20.8. The molecule has 4 nitrogen and oxygen atoms in total. The van der Waals surface area contributed by atoms with Crippen LogP contribution in [0.3, 0.4) is 0 Å². The van der Waals surface area contributed by atoms with Crippen LogP contribution in [0.15, 0.2) is 132 Å². The Hall–Kier alpha value is -5.39. The molecule has 0 aliphatic heterocycles. The van der Waals surface area contributed by atoms with Crippen LogP contribution in [0.4, 0.5) is 0 Å². The van der Waals surface area contributed by atoms with Gasteiger partial charge >= 0.3 is 0 Å². The highest BCUT2D eigenvalue weighted by atomic mass is 32.1. The predicted molar refractivity (Wildman–Crippen MR) is 174 cm³/mol. The fraction of sp³-hybridized carbons (Fsp3) is 0. The molecule has 0 aliphatic carbocycles. The second kappa shape index (κ2) is 9.06. The summed E-state index contributed by atoms with van der Waals surface area (Å²) in [4.78, 5) is 15.1. The summed E-state index contributed by atoms with van der Waals surface area (Å²) in [7, 11) is 0. The number of thiophene rings is 1. The summed E-state index contributed by atoms with van der Waals surface area (Å²) in [6.07, 6.45) is 0. The molecule has 0 saturated carbocycles. The molecule has 0 saturated heterocycles. The van der Waals surface area contributed by atoms with Gasteiger partial charge in [0.25, 0.3) is 0 Å². The number of hydrogen-bond donors (Lipinski definition) is 0. The van der Waals surface area contributed by atoms with E-state index in [-0.39, 0.29) is 0 Å². The molecule has 9 aromatic rings. The van der Waals surface area contributed by atoms with E-state index in [1.54, 1.807) is 0 Å². The highest BCUT2D eigenvalue weighted by Gasteiger charge is 2.23. The number of para-hydroxylation sites is 1. The number of furan rings is 1. The molecule has 196 valence electrons. The highest BCUT2D eigenvalue weighted by Crippen LogP contribution is 2.49. The molecule has 0 radical (unpaired) electrons. The second-order valence-corrected chi connectivity index (χ2v) is 11.4. The molecule has 0 N–H and O–H groups in total. The monoisotopic (exact) mass is 555 g/mol. The molecule has 0 spiro atoms. The lowest BCUT2D eigenvalue weighted by atomic mass is 9.96.